The molecule has 1 N–H and O–H groups in total. The standard InChI is InChI=1S/C25H23N7O/c33-25(28-20-5-6-22-19(14-20)13-18-3-1-2-4-21(18)22)17-9-11-31(12-10-17)23-7-8-24(30-29-23)32-16-26-15-27-32/h1-8,14-17H,9-13H2,(H,28,33). The number of nitrogens with one attached hydrogen (secondary N) is 1. The lowest BCUT2D eigenvalue weighted by Gasteiger charge is -2.31. The number of piperidine rings is 1. The normalized spacial score (nSPS) is 15.2. The van der Waals surface area contributed by atoms with Crippen molar-refractivity contribution in [3.05, 3.63) is 78.4 Å². The third-order valence-corrected chi connectivity index (χ3v) is 6.54. The molecule has 1 saturated heterocycles. The fraction of sp³-hybridized carbons (Fsp3) is 0.240. The molecule has 2 aliphatic rings. The fourth-order valence-corrected chi connectivity index (χ4v) is 4.77. The van der Waals surface area contributed by atoms with Crippen molar-refractivity contribution in [3.63, 3.8) is 0 Å². The van der Waals surface area contributed by atoms with Gasteiger partial charge in [-0.1, -0.05) is 30.3 Å². The molecule has 2 aromatic heterocycles. The second kappa shape index (κ2) is 8.12. The number of carbonyl (C=O) groups excluding carboxylic acids is 1. The molecule has 2 aromatic carbocycles. The summed E-state index contributed by atoms with van der Waals surface area (Å²) in [5.41, 5.74) is 6.07. The molecule has 8 nitrogen and oxygen atoms in total. The van der Waals surface area contributed by atoms with Gasteiger partial charge in [-0.15, -0.1) is 10.2 Å². The molecule has 164 valence electrons. The van der Waals surface area contributed by atoms with Crippen LogP contribution in [-0.4, -0.2) is 44.0 Å². The zero-order chi connectivity index (χ0) is 22.2. The van der Waals surface area contributed by atoms with Crippen LogP contribution in [0.4, 0.5) is 11.5 Å². The van der Waals surface area contributed by atoms with Crippen molar-refractivity contribution < 1.29 is 4.79 Å². The van der Waals surface area contributed by atoms with Gasteiger partial charge in [0.2, 0.25) is 5.91 Å². The highest BCUT2D eigenvalue weighted by atomic mass is 16.1. The van der Waals surface area contributed by atoms with Gasteiger partial charge < -0.3 is 10.2 Å². The number of amides is 1. The molecule has 0 saturated carbocycles. The molecule has 8 heteroatoms. The lowest BCUT2D eigenvalue weighted by Crippen LogP contribution is -2.38. The summed E-state index contributed by atoms with van der Waals surface area (Å²) in [6, 6.07) is 18.6. The lowest BCUT2D eigenvalue weighted by molar-refractivity contribution is -0.120. The van der Waals surface area contributed by atoms with E-state index in [1.807, 2.05) is 18.2 Å². The summed E-state index contributed by atoms with van der Waals surface area (Å²) < 4.78 is 1.57. The van der Waals surface area contributed by atoms with Crippen LogP contribution in [0.15, 0.2) is 67.3 Å². The molecular weight excluding hydrogens is 414 g/mol. The summed E-state index contributed by atoms with van der Waals surface area (Å²) in [6.45, 7) is 1.55. The Morgan fingerprint density at radius 3 is 2.48 bits per heavy atom. The van der Waals surface area contributed by atoms with Crippen LogP contribution in [0, 0.1) is 5.92 Å². The Bertz CT molecular complexity index is 1290. The quantitative estimate of drug-likeness (QED) is 0.463. The predicted molar refractivity (Wildman–Crippen MR) is 125 cm³/mol. The molecule has 0 bridgehead atoms. The molecule has 0 atom stereocenters. The predicted octanol–water partition coefficient (Wildman–Crippen LogP) is 3.48. The molecular formula is C25H23N7O. The lowest BCUT2D eigenvalue weighted by atomic mass is 9.95. The van der Waals surface area contributed by atoms with Crippen LogP contribution in [0.2, 0.25) is 0 Å². The van der Waals surface area contributed by atoms with Crippen molar-refractivity contribution in [1.29, 1.82) is 0 Å². The molecule has 1 aliphatic heterocycles. The van der Waals surface area contributed by atoms with Crippen molar-refractivity contribution >= 4 is 17.4 Å². The van der Waals surface area contributed by atoms with Crippen LogP contribution in [0.5, 0.6) is 0 Å². The number of rotatable bonds is 4. The SMILES string of the molecule is O=C(Nc1ccc2c(c1)Cc1ccccc1-2)C1CCN(c2ccc(-n3cncn3)nn2)CC1. The number of carbonyl (C=O) groups is 1. The molecule has 6 rings (SSSR count). The Balaban J connectivity index is 1.07. The zero-order valence-corrected chi connectivity index (χ0v) is 18.1. The first-order valence-electron chi connectivity index (χ1n) is 11.2. The highest BCUT2D eigenvalue weighted by molar-refractivity contribution is 5.93. The number of hydrogen-bond acceptors (Lipinski definition) is 6. The van der Waals surface area contributed by atoms with Gasteiger partial charge in [-0.25, -0.2) is 9.67 Å². The van der Waals surface area contributed by atoms with Crippen LogP contribution in [0.3, 0.4) is 0 Å². The maximum Gasteiger partial charge on any atom is 0.227 e. The van der Waals surface area contributed by atoms with Crippen LogP contribution in [0.1, 0.15) is 24.0 Å². The third kappa shape index (κ3) is 3.73. The Kier molecular flexibility index (Phi) is 4.83. The maximum absolute atomic E-state index is 12.9. The smallest absolute Gasteiger partial charge is 0.227 e. The van der Waals surface area contributed by atoms with Crippen molar-refractivity contribution in [2.24, 2.45) is 5.92 Å². The summed E-state index contributed by atoms with van der Waals surface area (Å²) in [7, 11) is 0. The van der Waals surface area contributed by atoms with E-state index >= 15 is 0 Å². The minimum Gasteiger partial charge on any atom is -0.355 e. The van der Waals surface area contributed by atoms with Crippen molar-refractivity contribution in [2.75, 3.05) is 23.3 Å². The monoisotopic (exact) mass is 437 g/mol. The van der Waals surface area contributed by atoms with Crippen LogP contribution in [-0.2, 0) is 11.2 Å². The summed E-state index contributed by atoms with van der Waals surface area (Å²) >= 11 is 0. The topological polar surface area (TPSA) is 88.8 Å². The molecule has 3 heterocycles. The minimum absolute atomic E-state index is 0.00548. The van der Waals surface area contributed by atoms with Crippen LogP contribution in [0.25, 0.3) is 16.9 Å². The summed E-state index contributed by atoms with van der Waals surface area (Å²) in [4.78, 5) is 19.0. The van der Waals surface area contributed by atoms with E-state index in [-0.39, 0.29) is 11.8 Å². The number of nitrogens with zero attached hydrogens (tertiary/aromatic N) is 6. The van der Waals surface area contributed by atoms with Crippen molar-refractivity contribution in [3.8, 4) is 16.9 Å². The van der Waals surface area contributed by atoms with Gasteiger partial charge in [-0.3, -0.25) is 4.79 Å². The van der Waals surface area contributed by atoms with E-state index in [1.165, 1.54) is 28.6 Å². The molecule has 1 amide bonds. The van der Waals surface area contributed by atoms with E-state index in [9.17, 15) is 4.79 Å². The molecule has 1 aliphatic carbocycles. The number of benzene rings is 2. The van der Waals surface area contributed by atoms with Gasteiger partial charge in [0.25, 0.3) is 0 Å². The van der Waals surface area contributed by atoms with Crippen LogP contribution >= 0.6 is 0 Å². The Hall–Kier alpha value is -4.07. The average Bonchev–Trinajstić information content (AvgIpc) is 3.52. The fourth-order valence-electron chi connectivity index (χ4n) is 4.77. The first kappa shape index (κ1) is 19.6. The van der Waals surface area contributed by atoms with Gasteiger partial charge in [-0.05, 0) is 65.8 Å². The van der Waals surface area contributed by atoms with E-state index in [1.54, 1.807) is 11.0 Å². The first-order chi connectivity index (χ1) is 16.2. The molecule has 0 radical (unpaired) electrons. The van der Waals surface area contributed by atoms with Crippen molar-refractivity contribution in [1.82, 2.24) is 25.0 Å². The second-order valence-electron chi connectivity index (χ2n) is 8.55. The molecule has 4 aromatic rings. The third-order valence-electron chi connectivity index (χ3n) is 6.54. The zero-order valence-electron chi connectivity index (χ0n) is 18.1. The van der Waals surface area contributed by atoms with E-state index in [2.05, 4.69) is 66.9 Å². The number of aromatic nitrogens is 5. The van der Waals surface area contributed by atoms with Gasteiger partial charge in [0.1, 0.15) is 12.7 Å². The summed E-state index contributed by atoms with van der Waals surface area (Å²) in [5.74, 6) is 1.53. The molecule has 0 unspecified atom stereocenters. The summed E-state index contributed by atoms with van der Waals surface area (Å²) in [5, 5.41) is 15.8. The van der Waals surface area contributed by atoms with E-state index in [0.29, 0.717) is 5.82 Å². The largest absolute Gasteiger partial charge is 0.355 e. The van der Waals surface area contributed by atoms with Gasteiger partial charge in [-0.2, -0.15) is 5.10 Å². The Morgan fingerprint density at radius 1 is 0.909 bits per heavy atom. The number of anilines is 2. The maximum atomic E-state index is 12.9. The number of fused-ring (bicyclic) bond motifs is 3. The molecule has 1 fully saturated rings. The molecule has 0 spiro atoms. The Morgan fingerprint density at radius 2 is 1.70 bits per heavy atom. The van der Waals surface area contributed by atoms with Gasteiger partial charge in [0.15, 0.2) is 11.6 Å². The Labute approximate surface area is 191 Å². The summed E-state index contributed by atoms with van der Waals surface area (Å²) in [6.07, 6.45) is 5.55. The van der Waals surface area contributed by atoms with Crippen LogP contribution < -0.4 is 10.2 Å². The molecule has 33 heavy (non-hydrogen) atoms. The first-order valence-corrected chi connectivity index (χ1v) is 11.2. The minimum atomic E-state index is -0.00548. The van der Waals surface area contributed by atoms with Crippen molar-refractivity contribution in [2.45, 2.75) is 19.3 Å². The van der Waals surface area contributed by atoms with Gasteiger partial charge in [0.05, 0.1) is 0 Å². The van der Waals surface area contributed by atoms with Gasteiger partial charge in [0, 0.05) is 24.7 Å². The average molecular weight is 438 g/mol. The highest BCUT2D eigenvalue weighted by Gasteiger charge is 2.26. The van der Waals surface area contributed by atoms with Gasteiger partial charge >= 0.3 is 0 Å². The van der Waals surface area contributed by atoms with E-state index < -0.39 is 0 Å². The van der Waals surface area contributed by atoms with E-state index in [0.717, 1.165) is 43.9 Å². The second-order valence-corrected chi connectivity index (χ2v) is 8.55. The van der Waals surface area contributed by atoms with E-state index in [4.69, 9.17) is 0 Å². The highest BCUT2D eigenvalue weighted by Crippen LogP contribution is 2.37. The number of hydrogen-bond donors (Lipinski definition) is 1.